The van der Waals surface area contributed by atoms with Crippen LogP contribution in [-0.4, -0.2) is 77.9 Å². The molecule has 2 saturated heterocycles. The Bertz CT molecular complexity index is 552. The van der Waals surface area contributed by atoms with Gasteiger partial charge in [-0.1, -0.05) is 24.7 Å². The van der Waals surface area contributed by atoms with Crippen LogP contribution in [0.25, 0.3) is 0 Å². The van der Waals surface area contributed by atoms with Crippen LogP contribution in [0.1, 0.15) is 24.8 Å². The zero-order valence-electron chi connectivity index (χ0n) is 14.9. The molecule has 0 aliphatic carbocycles. The topological polar surface area (TPSA) is 70.6 Å². The van der Waals surface area contributed by atoms with Crippen LogP contribution < -0.4 is 5.32 Å². The second-order valence-electron chi connectivity index (χ2n) is 6.61. The molecule has 2 aliphatic rings. The zero-order chi connectivity index (χ0) is 16.9. The fraction of sp³-hybridized carbons (Fsp3) is 0.812. The molecule has 0 saturated carbocycles. The van der Waals surface area contributed by atoms with Crippen LogP contribution in [0.3, 0.4) is 0 Å². The summed E-state index contributed by atoms with van der Waals surface area (Å²) >= 11 is 1.59. The summed E-state index contributed by atoms with van der Waals surface area (Å²) in [5, 5.41) is 13.7. The Morgan fingerprint density at radius 2 is 2.08 bits per heavy atom. The fourth-order valence-electron chi connectivity index (χ4n) is 3.53. The van der Waals surface area contributed by atoms with Crippen molar-refractivity contribution < 1.29 is 9.53 Å². The first-order valence-electron chi connectivity index (χ1n) is 8.80. The van der Waals surface area contributed by atoms with Crippen molar-refractivity contribution in [2.75, 3.05) is 51.3 Å². The number of amides is 1. The van der Waals surface area contributed by atoms with Crippen LogP contribution >= 0.6 is 23.7 Å². The van der Waals surface area contributed by atoms with Gasteiger partial charge in [0.05, 0.1) is 19.8 Å². The number of aryl methyl sites for hydroxylation is 1. The van der Waals surface area contributed by atoms with Gasteiger partial charge in [-0.2, -0.15) is 0 Å². The number of likely N-dealkylation sites (tertiary alicyclic amines) is 1. The van der Waals surface area contributed by atoms with Gasteiger partial charge >= 0.3 is 0 Å². The van der Waals surface area contributed by atoms with Gasteiger partial charge in [-0.3, -0.25) is 9.69 Å². The number of carbonyl (C=O) groups is 1. The quantitative estimate of drug-likeness (QED) is 0.797. The van der Waals surface area contributed by atoms with Crippen LogP contribution in [0.2, 0.25) is 0 Å². The molecule has 1 aromatic heterocycles. The molecule has 1 amide bonds. The molecule has 0 bridgehead atoms. The van der Waals surface area contributed by atoms with E-state index < -0.39 is 0 Å². The molecule has 2 fully saturated rings. The minimum atomic E-state index is 0. The fourth-order valence-corrected chi connectivity index (χ4v) is 4.19. The lowest BCUT2D eigenvalue weighted by molar-refractivity contribution is -0.136. The molecule has 0 unspecified atom stereocenters. The third-order valence-corrected chi connectivity index (χ3v) is 5.50. The van der Waals surface area contributed by atoms with Gasteiger partial charge < -0.3 is 15.0 Å². The number of hydrogen-bond donors (Lipinski definition) is 1. The normalized spacial score (nSPS) is 24.2. The predicted molar refractivity (Wildman–Crippen MR) is 102 cm³/mol. The lowest BCUT2D eigenvalue weighted by Crippen LogP contribution is -2.45. The van der Waals surface area contributed by atoms with Gasteiger partial charge in [0.15, 0.2) is 0 Å². The molecule has 25 heavy (non-hydrogen) atoms. The van der Waals surface area contributed by atoms with Crippen LogP contribution in [0.15, 0.2) is 0 Å². The predicted octanol–water partition coefficient (Wildman–Crippen LogP) is 1.64. The van der Waals surface area contributed by atoms with E-state index in [4.69, 9.17) is 4.74 Å². The smallest absolute Gasteiger partial charge is 0.236 e. The SMILES string of the molecule is CCC[C@H]1CN(CC(=O)N2CCOCC2)C[C@@H]1Nc1nnc(C)s1.Cl. The maximum Gasteiger partial charge on any atom is 0.236 e. The monoisotopic (exact) mass is 389 g/mol. The number of nitrogens with one attached hydrogen (secondary N) is 1. The van der Waals surface area contributed by atoms with Crippen molar-refractivity contribution in [3.8, 4) is 0 Å². The van der Waals surface area contributed by atoms with Crippen molar-refractivity contribution in [2.45, 2.75) is 32.7 Å². The molecule has 0 aromatic carbocycles. The highest BCUT2D eigenvalue weighted by Crippen LogP contribution is 2.26. The van der Waals surface area contributed by atoms with Crippen molar-refractivity contribution in [3.05, 3.63) is 5.01 Å². The van der Waals surface area contributed by atoms with Gasteiger partial charge in [0.25, 0.3) is 0 Å². The van der Waals surface area contributed by atoms with Gasteiger partial charge in [0, 0.05) is 32.2 Å². The number of nitrogens with zero attached hydrogens (tertiary/aromatic N) is 4. The molecule has 0 radical (unpaired) electrons. The molecule has 3 rings (SSSR count). The highest BCUT2D eigenvalue weighted by molar-refractivity contribution is 7.15. The van der Waals surface area contributed by atoms with Gasteiger partial charge in [-0.05, 0) is 19.3 Å². The number of rotatable bonds is 6. The zero-order valence-corrected chi connectivity index (χ0v) is 16.6. The first-order chi connectivity index (χ1) is 11.7. The minimum absolute atomic E-state index is 0. The van der Waals surface area contributed by atoms with Crippen molar-refractivity contribution >= 4 is 34.8 Å². The standard InChI is InChI=1S/C16H27N5O2S.ClH/c1-3-4-13-9-20(11-15(22)21-5-7-23-8-6-21)10-14(13)17-16-19-18-12(2)24-16;/h13-14H,3-11H2,1-2H3,(H,17,19);1H/t13-,14-;/m0./s1. The van der Waals surface area contributed by atoms with Crippen molar-refractivity contribution in [1.82, 2.24) is 20.0 Å². The van der Waals surface area contributed by atoms with Gasteiger partial charge in [0.1, 0.15) is 5.01 Å². The molecular formula is C16H28ClN5O2S. The molecule has 3 heterocycles. The number of anilines is 1. The van der Waals surface area contributed by atoms with Crippen LogP contribution in [0.5, 0.6) is 0 Å². The van der Waals surface area contributed by atoms with Gasteiger partial charge in [-0.15, -0.1) is 22.6 Å². The van der Waals surface area contributed by atoms with Crippen molar-refractivity contribution in [3.63, 3.8) is 0 Å². The van der Waals surface area contributed by atoms with E-state index in [-0.39, 0.29) is 18.3 Å². The first kappa shape index (κ1) is 20.4. The second-order valence-corrected chi connectivity index (χ2v) is 7.79. The number of hydrogen-bond acceptors (Lipinski definition) is 7. The summed E-state index contributed by atoms with van der Waals surface area (Å²) in [6, 6.07) is 0.342. The molecule has 2 atom stereocenters. The molecule has 0 spiro atoms. The van der Waals surface area contributed by atoms with Crippen molar-refractivity contribution in [1.29, 1.82) is 0 Å². The number of aromatic nitrogens is 2. The maximum atomic E-state index is 12.5. The minimum Gasteiger partial charge on any atom is -0.378 e. The lowest BCUT2D eigenvalue weighted by atomic mass is 9.98. The van der Waals surface area contributed by atoms with E-state index in [1.54, 1.807) is 11.3 Å². The molecular weight excluding hydrogens is 362 g/mol. The van der Waals surface area contributed by atoms with E-state index in [2.05, 4.69) is 27.3 Å². The Kier molecular flexibility index (Phi) is 7.86. The summed E-state index contributed by atoms with van der Waals surface area (Å²) in [6.07, 6.45) is 2.32. The number of halogens is 1. The van der Waals surface area contributed by atoms with E-state index in [1.165, 1.54) is 0 Å². The summed E-state index contributed by atoms with van der Waals surface area (Å²) in [5.41, 5.74) is 0. The van der Waals surface area contributed by atoms with Gasteiger partial charge in [0.2, 0.25) is 11.0 Å². The van der Waals surface area contributed by atoms with Crippen molar-refractivity contribution in [2.24, 2.45) is 5.92 Å². The Labute approximate surface area is 159 Å². The largest absolute Gasteiger partial charge is 0.378 e. The van der Waals surface area contributed by atoms with Crippen LogP contribution in [0, 0.1) is 12.8 Å². The third kappa shape index (κ3) is 5.51. The lowest BCUT2D eigenvalue weighted by Gasteiger charge is -2.28. The summed E-state index contributed by atoms with van der Waals surface area (Å²) < 4.78 is 5.33. The number of ether oxygens (including phenoxy) is 1. The van der Waals surface area contributed by atoms with Crippen LogP contribution in [0.4, 0.5) is 5.13 Å². The van der Waals surface area contributed by atoms with Crippen LogP contribution in [-0.2, 0) is 9.53 Å². The highest BCUT2D eigenvalue weighted by Gasteiger charge is 2.34. The molecule has 9 heteroatoms. The third-order valence-electron chi connectivity index (χ3n) is 4.73. The van der Waals surface area contributed by atoms with E-state index in [0.29, 0.717) is 31.7 Å². The Hall–Kier alpha value is -0.960. The highest BCUT2D eigenvalue weighted by atomic mass is 35.5. The summed E-state index contributed by atoms with van der Waals surface area (Å²) in [6.45, 7) is 9.30. The summed E-state index contributed by atoms with van der Waals surface area (Å²) in [4.78, 5) is 16.7. The van der Waals surface area contributed by atoms with E-state index in [0.717, 1.165) is 49.2 Å². The molecule has 7 nitrogen and oxygen atoms in total. The Morgan fingerprint density at radius 1 is 1.32 bits per heavy atom. The summed E-state index contributed by atoms with van der Waals surface area (Å²) in [5.74, 6) is 0.776. The second kappa shape index (κ2) is 9.66. The average molecular weight is 390 g/mol. The Morgan fingerprint density at radius 3 is 2.72 bits per heavy atom. The molecule has 142 valence electrons. The van der Waals surface area contributed by atoms with E-state index in [9.17, 15) is 4.79 Å². The maximum absolute atomic E-state index is 12.5. The Balaban J connectivity index is 0.00000225. The van der Waals surface area contributed by atoms with Gasteiger partial charge in [-0.25, -0.2) is 0 Å². The first-order valence-corrected chi connectivity index (χ1v) is 9.62. The number of morpholine rings is 1. The average Bonchev–Trinajstić information content (AvgIpc) is 3.15. The molecule has 1 aromatic rings. The molecule has 1 N–H and O–H groups in total. The number of carbonyl (C=O) groups excluding carboxylic acids is 1. The summed E-state index contributed by atoms with van der Waals surface area (Å²) in [7, 11) is 0. The molecule has 2 aliphatic heterocycles. The van der Waals surface area contributed by atoms with E-state index in [1.807, 2.05) is 11.8 Å². The van der Waals surface area contributed by atoms with E-state index >= 15 is 0 Å².